The lowest BCUT2D eigenvalue weighted by atomic mass is 9.87. The van der Waals surface area contributed by atoms with E-state index in [4.69, 9.17) is 10.5 Å². The maximum atomic E-state index is 6.03. The molecule has 1 fully saturated rings. The van der Waals surface area contributed by atoms with Crippen LogP contribution in [0.3, 0.4) is 0 Å². The van der Waals surface area contributed by atoms with E-state index < -0.39 is 0 Å². The van der Waals surface area contributed by atoms with E-state index in [1.54, 1.807) is 6.20 Å². The first-order valence-corrected chi connectivity index (χ1v) is 9.01. The van der Waals surface area contributed by atoms with Crippen LogP contribution in [0, 0.1) is 5.92 Å². The molecule has 4 heteroatoms. The van der Waals surface area contributed by atoms with Gasteiger partial charge in [-0.25, -0.2) is 4.98 Å². The summed E-state index contributed by atoms with van der Waals surface area (Å²) in [5, 5.41) is 2.44. The topological polar surface area (TPSA) is 61.0 Å². The largest absolute Gasteiger partial charge is 0.460 e. The summed E-state index contributed by atoms with van der Waals surface area (Å²) in [6.45, 7) is 0.778. The molecule has 0 amide bonds. The van der Waals surface area contributed by atoms with Crippen molar-refractivity contribution in [2.24, 2.45) is 11.7 Å². The molecule has 0 saturated heterocycles. The van der Waals surface area contributed by atoms with Gasteiger partial charge in [-0.1, -0.05) is 36.4 Å². The van der Waals surface area contributed by atoms with Crippen LogP contribution in [-0.4, -0.2) is 22.6 Å². The van der Waals surface area contributed by atoms with E-state index in [0.29, 0.717) is 11.9 Å². The second-order valence-corrected chi connectivity index (χ2v) is 6.78. The Kier molecular flexibility index (Phi) is 4.61. The number of ether oxygens (including phenoxy) is 1. The molecule has 1 aliphatic carbocycles. The summed E-state index contributed by atoms with van der Waals surface area (Å²) in [5.41, 5.74) is 7.74. The number of hydrogen-bond donors (Lipinski definition) is 1. The van der Waals surface area contributed by atoms with Crippen LogP contribution < -0.4 is 10.5 Å². The second kappa shape index (κ2) is 7.19. The van der Waals surface area contributed by atoms with Crippen molar-refractivity contribution in [1.29, 1.82) is 0 Å². The molecular formula is C21H23N3O. The lowest BCUT2D eigenvalue weighted by Crippen LogP contribution is -2.28. The average molecular weight is 333 g/mol. The summed E-state index contributed by atoms with van der Waals surface area (Å²) >= 11 is 0. The van der Waals surface area contributed by atoms with Crippen molar-refractivity contribution in [3.8, 4) is 17.3 Å². The monoisotopic (exact) mass is 333 g/mol. The van der Waals surface area contributed by atoms with Crippen LogP contribution in [0.1, 0.15) is 25.7 Å². The Labute approximate surface area is 148 Å². The van der Waals surface area contributed by atoms with Crippen LogP contribution >= 0.6 is 0 Å². The van der Waals surface area contributed by atoms with Gasteiger partial charge in [0.1, 0.15) is 6.10 Å². The summed E-state index contributed by atoms with van der Waals surface area (Å²) in [5.74, 6) is 0.643. The molecule has 128 valence electrons. The smallest absolute Gasteiger partial charge is 0.317 e. The number of hydrogen-bond acceptors (Lipinski definition) is 4. The highest BCUT2D eigenvalue weighted by atomic mass is 16.5. The van der Waals surface area contributed by atoms with E-state index in [-0.39, 0.29) is 6.10 Å². The van der Waals surface area contributed by atoms with Crippen molar-refractivity contribution in [2.75, 3.05) is 6.54 Å². The first kappa shape index (κ1) is 16.0. The van der Waals surface area contributed by atoms with Gasteiger partial charge in [0.05, 0.1) is 5.69 Å². The molecule has 0 atom stereocenters. The van der Waals surface area contributed by atoms with E-state index in [1.807, 2.05) is 6.07 Å². The zero-order valence-corrected chi connectivity index (χ0v) is 14.3. The molecule has 0 aliphatic heterocycles. The molecule has 1 saturated carbocycles. The summed E-state index contributed by atoms with van der Waals surface area (Å²) < 4.78 is 6.03. The number of benzene rings is 2. The zero-order valence-electron chi connectivity index (χ0n) is 14.3. The fourth-order valence-electron chi connectivity index (χ4n) is 3.54. The molecule has 4 nitrogen and oxygen atoms in total. The molecule has 1 aromatic heterocycles. The van der Waals surface area contributed by atoms with Crippen LogP contribution in [0.4, 0.5) is 0 Å². The predicted octanol–water partition coefficient (Wildman–Crippen LogP) is 4.19. The Morgan fingerprint density at radius 2 is 1.76 bits per heavy atom. The molecule has 1 heterocycles. The number of aromatic nitrogens is 2. The van der Waals surface area contributed by atoms with Gasteiger partial charge in [0.2, 0.25) is 0 Å². The molecule has 4 rings (SSSR count). The van der Waals surface area contributed by atoms with Gasteiger partial charge in [-0.05, 0) is 61.1 Å². The minimum absolute atomic E-state index is 0.203. The van der Waals surface area contributed by atoms with Crippen molar-refractivity contribution >= 4 is 10.8 Å². The fraction of sp³-hybridized carbons (Fsp3) is 0.333. The zero-order chi connectivity index (χ0) is 17.1. The highest BCUT2D eigenvalue weighted by Gasteiger charge is 2.22. The van der Waals surface area contributed by atoms with Crippen molar-refractivity contribution < 1.29 is 4.74 Å². The number of fused-ring (bicyclic) bond motifs is 1. The van der Waals surface area contributed by atoms with E-state index >= 15 is 0 Å². The molecule has 0 unspecified atom stereocenters. The molecule has 25 heavy (non-hydrogen) atoms. The molecule has 3 aromatic rings. The van der Waals surface area contributed by atoms with Gasteiger partial charge < -0.3 is 10.5 Å². The second-order valence-electron chi connectivity index (χ2n) is 6.78. The fourth-order valence-corrected chi connectivity index (χ4v) is 3.54. The molecule has 2 N–H and O–H groups in total. The van der Waals surface area contributed by atoms with Gasteiger partial charge in [0, 0.05) is 11.8 Å². The predicted molar refractivity (Wildman–Crippen MR) is 100 cm³/mol. The molecule has 1 aliphatic rings. The quantitative estimate of drug-likeness (QED) is 0.777. The van der Waals surface area contributed by atoms with E-state index in [2.05, 4.69) is 52.4 Å². The molecule has 2 aromatic carbocycles. The van der Waals surface area contributed by atoms with Crippen LogP contribution in [0.25, 0.3) is 22.0 Å². The minimum Gasteiger partial charge on any atom is -0.460 e. The van der Waals surface area contributed by atoms with Crippen molar-refractivity contribution in [3.63, 3.8) is 0 Å². The molecule has 0 bridgehead atoms. The molecule has 0 spiro atoms. The Morgan fingerprint density at radius 3 is 2.56 bits per heavy atom. The maximum Gasteiger partial charge on any atom is 0.317 e. The summed E-state index contributed by atoms with van der Waals surface area (Å²) in [6.07, 6.45) is 6.31. The third-order valence-corrected chi connectivity index (χ3v) is 5.08. The van der Waals surface area contributed by atoms with Crippen LogP contribution in [0.15, 0.2) is 54.7 Å². The van der Waals surface area contributed by atoms with Crippen molar-refractivity contribution in [2.45, 2.75) is 31.8 Å². The SMILES string of the molecule is NCC1CCC(Oc2nccc(-c3ccc4ccccc4c3)n2)CC1. The first-order chi connectivity index (χ1) is 12.3. The van der Waals surface area contributed by atoms with Crippen LogP contribution in [0.2, 0.25) is 0 Å². The van der Waals surface area contributed by atoms with Crippen molar-refractivity contribution in [3.05, 3.63) is 54.7 Å². The lowest BCUT2D eigenvalue weighted by Gasteiger charge is -2.27. The average Bonchev–Trinajstić information content (AvgIpc) is 2.68. The molecular weight excluding hydrogens is 310 g/mol. The van der Waals surface area contributed by atoms with E-state index in [0.717, 1.165) is 43.5 Å². The summed E-state index contributed by atoms with van der Waals surface area (Å²) in [4.78, 5) is 8.93. The van der Waals surface area contributed by atoms with Gasteiger partial charge in [-0.3, -0.25) is 0 Å². The van der Waals surface area contributed by atoms with Gasteiger partial charge in [-0.2, -0.15) is 4.98 Å². The first-order valence-electron chi connectivity index (χ1n) is 9.01. The Balaban J connectivity index is 1.52. The minimum atomic E-state index is 0.203. The van der Waals surface area contributed by atoms with Crippen LogP contribution in [0.5, 0.6) is 6.01 Å². The normalized spacial score (nSPS) is 20.5. The highest BCUT2D eigenvalue weighted by Crippen LogP contribution is 2.27. The summed E-state index contributed by atoms with van der Waals surface area (Å²) in [7, 11) is 0. The van der Waals surface area contributed by atoms with Crippen LogP contribution in [-0.2, 0) is 0 Å². The van der Waals surface area contributed by atoms with Crippen molar-refractivity contribution in [1.82, 2.24) is 9.97 Å². The number of rotatable bonds is 4. The summed E-state index contributed by atoms with van der Waals surface area (Å²) in [6, 6.07) is 17.1. The van der Waals surface area contributed by atoms with Gasteiger partial charge >= 0.3 is 6.01 Å². The molecule has 0 radical (unpaired) electrons. The standard InChI is InChI=1S/C21H23N3O/c22-14-15-5-9-19(10-6-15)25-21-23-12-11-20(24-21)18-8-7-16-3-1-2-4-17(16)13-18/h1-4,7-8,11-13,15,19H,5-6,9-10,14,22H2. The Morgan fingerprint density at radius 1 is 0.960 bits per heavy atom. The highest BCUT2D eigenvalue weighted by molar-refractivity contribution is 5.86. The number of nitrogens with zero attached hydrogens (tertiary/aromatic N) is 2. The third kappa shape index (κ3) is 3.64. The van der Waals surface area contributed by atoms with Gasteiger partial charge in [0.15, 0.2) is 0 Å². The van der Waals surface area contributed by atoms with Gasteiger partial charge in [-0.15, -0.1) is 0 Å². The van der Waals surface area contributed by atoms with E-state index in [9.17, 15) is 0 Å². The maximum absolute atomic E-state index is 6.03. The number of nitrogens with two attached hydrogens (primary N) is 1. The van der Waals surface area contributed by atoms with Gasteiger partial charge in [0.25, 0.3) is 0 Å². The Hall–Kier alpha value is -2.46. The van der Waals surface area contributed by atoms with E-state index in [1.165, 1.54) is 10.8 Å². The lowest BCUT2D eigenvalue weighted by molar-refractivity contribution is 0.122. The third-order valence-electron chi connectivity index (χ3n) is 5.08. The Bertz CT molecular complexity index is 856.